The first kappa shape index (κ1) is 17.7. The van der Waals surface area contributed by atoms with Crippen molar-refractivity contribution in [2.75, 3.05) is 6.61 Å². The molecule has 0 aromatic rings. The lowest BCUT2D eigenvalue weighted by Gasteiger charge is -2.63. The van der Waals surface area contributed by atoms with E-state index in [0.717, 1.165) is 19.3 Å². The second kappa shape index (κ2) is 6.31. The molecule has 3 saturated carbocycles. The molecule has 0 amide bonds. The van der Waals surface area contributed by atoms with E-state index in [0.29, 0.717) is 23.7 Å². The summed E-state index contributed by atoms with van der Waals surface area (Å²) in [5.74, 6) is 2.32. The number of rotatable bonds is 2. The van der Waals surface area contributed by atoms with Crippen LogP contribution < -0.4 is 0 Å². The third kappa shape index (κ3) is 2.58. The fraction of sp³-hybridized carbons (Fsp3) is 1.00. The molecule has 3 rings (SSSR count). The lowest BCUT2D eigenvalue weighted by atomic mass is 9.46. The number of hydrogen-bond acceptors (Lipinski definition) is 3. The Hall–Kier alpha value is -0.120. The largest absolute Gasteiger partial charge is 0.396 e. The van der Waals surface area contributed by atoms with Crippen molar-refractivity contribution < 1.29 is 15.3 Å². The van der Waals surface area contributed by atoms with E-state index in [2.05, 4.69) is 27.7 Å². The molecule has 3 N–H and O–H groups in total. The van der Waals surface area contributed by atoms with E-state index in [1.165, 1.54) is 12.8 Å². The summed E-state index contributed by atoms with van der Waals surface area (Å²) in [4.78, 5) is 0. The molecule has 3 fully saturated rings. The van der Waals surface area contributed by atoms with Crippen molar-refractivity contribution in [2.45, 2.75) is 71.5 Å². The van der Waals surface area contributed by atoms with Crippen molar-refractivity contribution in [2.24, 2.45) is 47.3 Å². The van der Waals surface area contributed by atoms with E-state index >= 15 is 0 Å². The predicted molar refractivity (Wildman–Crippen MR) is 91.7 cm³/mol. The van der Waals surface area contributed by atoms with Gasteiger partial charge < -0.3 is 15.3 Å². The van der Waals surface area contributed by atoms with Crippen LogP contribution in [0.1, 0.15) is 59.8 Å². The molecule has 134 valence electrons. The first-order valence-corrected chi connectivity index (χ1v) is 9.83. The van der Waals surface area contributed by atoms with Gasteiger partial charge in [0.1, 0.15) is 0 Å². The lowest BCUT2D eigenvalue weighted by Crippen LogP contribution is -2.67. The Morgan fingerprint density at radius 3 is 2.39 bits per heavy atom. The molecular formula is C20H36O3. The van der Waals surface area contributed by atoms with Crippen LogP contribution in [0.15, 0.2) is 0 Å². The van der Waals surface area contributed by atoms with E-state index < -0.39 is 11.7 Å². The minimum Gasteiger partial charge on any atom is -0.396 e. The summed E-state index contributed by atoms with van der Waals surface area (Å²) < 4.78 is 0. The van der Waals surface area contributed by atoms with E-state index in [9.17, 15) is 15.3 Å². The van der Waals surface area contributed by atoms with Crippen molar-refractivity contribution in [3.8, 4) is 0 Å². The van der Waals surface area contributed by atoms with Crippen molar-refractivity contribution >= 4 is 0 Å². The lowest BCUT2D eigenvalue weighted by molar-refractivity contribution is -0.250. The van der Waals surface area contributed by atoms with Crippen molar-refractivity contribution in [3.05, 3.63) is 0 Å². The van der Waals surface area contributed by atoms with E-state index in [1.54, 1.807) is 0 Å². The first-order chi connectivity index (χ1) is 10.8. The molecule has 3 aliphatic carbocycles. The third-order valence-corrected chi connectivity index (χ3v) is 8.01. The Labute approximate surface area is 141 Å². The van der Waals surface area contributed by atoms with Gasteiger partial charge in [0, 0.05) is 18.4 Å². The van der Waals surface area contributed by atoms with Gasteiger partial charge in [-0.3, -0.25) is 0 Å². The van der Waals surface area contributed by atoms with Crippen LogP contribution >= 0.6 is 0 Å². The molecule has 0 aliphatic heterocycles. The average molecular weight is 325 g/mol. The van der Waals surface area contributed by atoms with Crippen LogP contribution in [0, 0.1) is 47.3 Å². The second-order valence-electron chi connectivity index (χ2n) is 9.29. The molecule has 0 radical (unpaired) electrons. The summed E-state index contributed by atoms with van der Waals surface area (Å²) in [6.45, 7) is 9.10. The molecule has 0 saturated heterocycles. The van der Waals surface area contributed by atoms with Crippen LogP contribution in [-0.2, 0) is 0 Å². The average Bonchev–Trinajstić information content (AvgIpc) is 2.50. The fourth-order valence-electron chi connectivity index (χ4n) is 6.62. The van der Waals surface area contributed by atoms with Crippen molar-refractivity contribution in [1.29, 1.82) is 0 Å². The highest BCUT2D eigenvalue weighted by molar-refractivity contribution is 5.12. The summed E-state index contributed by atoms with van der Waals surface area (Å²) in [7, 11) is 0. The van der Waals surface area contributed by atoms with Gasteiger partial charge in [0.25, 0.3) is 0 Å². The zero-order valence-electron chi connectivity index (χ0n) is 15.3. The number of hydrogen-bond donors (Lipinski definition) is 3. The Morgan fingerprint density at radius 1 is 1.09 bits per heavy atom. The van der Waals surface area contributed by atoms with Gasteiger partial charge in [-0.15, -0.1) is 0 Å². The molecule has 4 bridgehead atoms. The second-order valence-corrected chi connectivity index (χ2v) is 9.29. The number of aliphatic hydroxyl groups is 3. The maximum Gasteiger partial charge on any atom is 0.0759 e. The van der Waals surface area contributed by atoms with Crippen LogP contribution in [0.4, 0.5) is 0 Å². The van der Waals surface area contributed by atoms with Crippen LogP contribution in [0.2, 0.25) is 0 Å². The molecule has 0 aromatic carbocycles. The van der Waals surface area contributed by atoms with Gasteiger partial charge in [-0.1, -0.05) is 34.1 Å². The molecule has 3 nitrogen and oxygen atoms in total. The SMILES string of the molecule is CC(C)[C@H]1CC[C@@H](C)[C@@H]2CC[C@H](C)[C@@]3(O)C2[C@H](O)[C@H](CO)C[C@@H]13. The van der Waals surface area contributed by atoms with Gasteiger partial charge in [-0.05, 0) is 61.2 Å². The first-order valence-electron chi connectivity index (χ1n) is 9.83. The molecular weight excluding hydrogens is 288 g/mol. The highest BCUT2D eigenvalue weighted by atomic mass is 16.3. The molecule has 0 heterocycles. The van der Waals surface area contributed by atoms with Crippen molar-refractivity contribution in [1.82, 2.24) is 0 Å². The minimum atomic E-state index is -0.752. The van der Waals surface area contributed by atoms with Gasteiger partial charge >= 0.3 is 0 Å². The summed E-state index contributed by atoms with van der Waals surface area (Å²) >= 11 is 0. The Balaban J connectivity index is 2.10. The predicted octanol–water partition coefficient (Wildman–Crippen LogP) is 3.07. The van der Waals surface area contributed by atoms with Crippen molar-refractivity contribution in [3.63, 3.8) is 0 Å². The minimum absolute atomic E-state index is 0.0462. The maximum atomic E-state index is 11.9. The smallest absolute Gasteiger partial charge is 0.0759 e. The Bertz CT molecular complexity index is 423. The van der Waals surface area contributed by atoms with Gasteiger partial charge in [0.2, 0.25) is 0 Å². The normalized spacial score (nSPS) is 53.7. The van der Waals surface area contributed by atoms with Gasteiger partial charge in [-0.2, -0.15) is 0 Å². The van der Waals surface area contributed by atoms with Gasteiger partial charge in [-0.25, -0.2) is 0 Å². The zero-order valence-corrected chi connectivity index (χ0v) is 15.3. The molecule has 23 heavy (non-hydrogen) atoms. The number of aliphatic hydroxyl groups excluding tert-OH is 2. The van der Waals surface area contributed by atoms with E-state index in [-0.39, 0.29) is 30.3 Å². The fourth-order valence-corrected chi connectivity index (χ4v) is 6.62. The molecule has 1 unspecified atom stereocenters. The molecule has 9 atom stereocenters. The summed E-state index contributed by atoms with van der Waals surface area (Å²) in [5.41, 5.74) is -0.752. The quantitative estimate of drug-likeness (QED) is 0.731. The molecule has 0 spiro atoms. The topological polar surface area (TPSA) is 60.7 Å². The van der Waals surface area contributed by atoms with Crippen LogP contribution in [0.5, 0.6) is 0 Å². The van der Waals surface area contributed by atoms with E-state index in [1.807, 2.05) is 0 Å². The zero-order chi connectivity index (χ0) is 16.9. The summed E-state index contributed by atoms with van der Waals surface area (Å²) in [6.07, 6.45) is 4.79. The van der Waals surface area contributed by atoms with Gasteiger partial charge in [0.05, 0.1) is 11.7 Å². The third-order valence-electron chi connectivity index (χ3n) is 8.01. The molecule has 0 aromatic heterocycles. The molecule has 3 aliphatic rings. The maximum absolute atomic E-state index is 11.9. The van der Waals surface area contributed by atoms with Crippen LogP contribution in [0.25, 0.3) is 0 Å². The summed E-state index contributed by atoms with van der Waals surface area (Å²) in [5, 5.41) is 32.8. The van der Waals surface area contributed by atoms with E-state index in [4.69, 9.17) is 0 Å². The standard InChI is InChI=1S/C20H36O3/c1-11(2)15-7-5-12(3)16-8-6-13(4)20(23)17(15)9-14(10-21)19(22)18(16)20/h11-19,21-23H,5-10H2,1-4H3/t12-,13+,14+,15-,16+,17+,18?,19-,20+/m1/s1. The monoisotopic (exact) mass is 324 g/mol. The highest BCUT2D eigenvalue weighted by Crippen LogP contribution is 2.60. The van der Waals surface area contributed by atoms with Gasteiger partial charge in [0.15, 0.2) is 0 Å². The highest BCUT2D eigenvalue weighted by Gasteiger charge is 2.62. The summed E-state index contributed by atoms with van der Waals surface area (Å²) in [6, 6.07) is 0. The Morgan fingerprint density at radius 2 is 1.78 bits per heavy atom. The Kier molecular flexibility index (Phi) is 4.85. The molecule has 3 heteroatoms. The van der Waals surface area contributed by atoms with Crippen LogP contribution in [-0.4, -0.2) is 33.6 Å². The van der Waals surface area contributed by atoms with Crippen LogP contribution in [0.3, 0.4) is 0 Å².